The van der Waals surface area contributed by atoms with E-state index < -0.39 is 0 Å². The normalized spacial score (nSPS) is 11.4. The molecule has 0 radical (unpaired) electrons. The molecule has 3 aromatic rings. The monoisotopic (exact) mass is 217 g/mol. The number of nitrogens with zero attached hydrogens (tertiary/aromatic N) is 1. The number of aromatic nitrogens is 3. The van der Waals surface area contributed by atoms with Crippen LogP contribution >= 0.6 is 0 Å². The summed E-state index contributed by atoms with van der Waals surface area (Å²) in [6, 6.07) is 4.38. The van der Waals surface area contributed by atoms with Gasteiger partial charge in [-0.1, -0.05) is 0 Å². The number of hydrogen-bond acceptors (Lipinski definition) is 2. The number of aryl methyl sites for hydroxylation is 1. The molecule has 3 rings (SSSR count). The van der Waals surface area contributed by atoms with Crippen molar-refractivity contribution in [2.75, 3.05) is 0 Å². The lowest BCUT2D eigenvalue weighted by molar-refractivity contribution is 0.630. The molecule has 0 saturated heterocycles. The Labute approximate surface area is 89.1 Å². The number of nitrogens with one attached hydrogen (secondary N) is 2. The van der Waals surface area contributed by atoms with Gasteiger partial charge in [-0.05, 0) is 25.1 Å². The maximum atomic E-state index is 13.2. The molecule has 0 spiro atoms. The van der Waals surface area contributed by atoms with Crippen molar-refractivity contribution in [2.45, 2.75) is 6.92 Å². The standard InChI is InChI=1S/C11H8FN3O/c1-5-9-7-4-6(12)2-3-8(7)13-10(9)11(16)15-14-5/h2-4,13H,1H3,(H,15,16). The number of rotatable bonds is 0. The Balaban J connectivity index is 2.67. The van der Waals surface area contributed by atoms with Crippen LogP contribution in [0.2, 0.25) is 0 Å². The van der Waals surface area contributed by atoms with Crippen LogP contribution in [0.4, 0.5) is 4.39 Å². The molecule has 80 valence electrons. The van der Waals surface area contributed by atoms with Crippen LogP contribution in [-0.2, 0) is 0 Å². The van der Waals surface area contributed by atoms with Crippen molar-refractivity contribution in [1.29, 1.82) is 0 Å². The fourth-order valence-corrected chi connectivity index (χ4v) is 1.96. The lowest BCUT2D eigenvalue weighted by atomic mass is 10.1. The smallest absolute Gasteiger partial charge is 0.288 e. The van der Waals surface area contributed by atoms with Crippen LogP contribution in [0, 0.1) is 12.7 Å². The van der Waals surface area contributed by atoms with Gasteiger partial charge in [-0.3, -0.25) is 4.79 Å². The van der Waals surface area contributed by atoms with Crippen LogP contribution in [0.15, 0.2) is 23.0 Å². The van der Waals surface area contributed by atoms with Gasteiger partial charge < -0.3 is 4.98 Å². The first-order chi connectivity index (χ1) is 7.66. The van der Waals surface area contributed by atoms with E-state index in [1.807, 2.05) is 0 Å². The highest BCUT2D eigenvalue weighted by Gasteiger charge is 2.10. The molecule has 0 aliphatic heterocycles. The molecule has 0 fully saturated rings. The Morgan fingerprint density at radius 2 is 2.19 bits per heavy atom. The summed E-state index contributed by atoms with van der Waals surface area (Å²) in [4.78, 5) is 14.5. The van der Waals surface area contributed by atoms with Crippen molar-refractivity contribution in [2.24, 2.45) is 0 Å². The molecule has 2 N–H and O–H groups in total. The molecule has 4 nitrogen and oxygen atoms in total. The average Bonchev–Trinajstić information content (AvgIpc) is 2.63. The van der Waals surface area contributed by atoms with Crippen LogP contribution in [-0.4, -0.2) is 15.2 Å². The summed E-state index contributed by atoms with van der Waals surface area (Å²) in [5.74, 6) is -0.326. The molecule has 2 aromatic heterocycles. The minimum Gasteiger partial charge on any atom is -0.350 e. The summed E-state index contributed by atoms with van der Waals surface area (Å²) in [6.07, 6.45) is 0. The van der Waals surface area contributed by atoms with E-state index in [1.54, 1.807) is 13.0 Å². The van der Waals surface area contributed by atoms with Crippen molar-refractivity contribution >= 4 is 21.8 Å². The van der Waals surface area contributed by atoms with Crippen molar-refractivity contribution in [3.63, 3.8) is 0 Å². The van der Waals surface area contributed by atoms with Crippen LogP contribution in [0.1, 0.15) is 5.69 Å². The predicted octanol–water partition coefficient (Wildman–Crippen LogP) is 1.85. The van der Waals surface area contributed by atoms with E-state index in [0.717, 1.165) is 5.52 Å². The van der Waals surface area contributed by atoms with E-state index in [2.05, 4.69) is 15.2 Å². The highest BCUT2D eigenvalue weighted by molar-refractivity contribution is 6.07. The molecule has 5 heteroatoms. The number of aromatic amines is 2. The fourth-order valence-electron chi connectivity index (χ4n) is 1.96. The molecule has 16 heavy (non-hydrogen) atoms. The van der Waals surface area contributed by atoms with Gasteiger partial charge in [-0.15, -0.1) is 0 Å². The molecule has 0 unspecified atom stereocenters. The molecule has 0 aliphatic rings. The van der Waals surface area contributed by atoms with Crippen LogP contribution in [0.25, 0.3) is 21.8 Å². The number of hydrogen-bond donors (Lipinski definition) is 2. The van der Waals surface area contributed by atoms with Crippen LogP contribution in [0.3, 0.4) is 0 Å². The van der Waals surface area contributed by atoms with Crippen LogP contribution < -0.4 is 5.56 Å². The van der Waals surface area contributed by atoms with Crippen molar-refractivity contribution in [3.8, 4) is 0 Å². The Bertz CT molecular complexity index is 757. The number of H-pyrrole nitrogens is 2. The van der Waals surface area contributed by atoms with Gasteiger partial charge in [0.05, 0.1) is 5.69 Å². The Morgan fingerprint density at radius 3 is 3.00 bits per heavy atom. The number of fused-ring (bicyclic) bond motifs is 3. The second kappa shape index (κ2) is 2.91. The maximum Gasteiger partial charge on any atom is 0.288 e. The fraction of sp³-hybridized carbons (Fsp3) is 0.0909. The van der Waals surface area contributed by atoms with E-state index in [4.69, 9.17) is 0 Å². The van der Waals surface area contributed by atoms with Gasteiger partial charge in [-0.25, -0.2) is 9.49 Å². The van der Waals surface area contributed by atoms with Gasteiger partial charge >= 0.3 is 0 Å². The lowest BCUT2D eigenvalue weighted by Gasteiger charge is -1.94. The van der Waals surface area contributed by atoms with Gasteiger partial charge in [0.2, 0.25) is 0 Å². The maximum absolute atomic E-state index is 13.2. The summed E-state index contributed by atoms with van der Waals surface area (Å²) in [5.41, 5.74) is 1.55. The average molecular weight is 217 g/mol. The number of benzene rings is 1. The zero-order valence-corrected chi connectivity index (χ0v) is 8.47. The highest BCUT2D eigenvalue weighted by atomic mass is 19.1. The minimum absolute atomic E-state index is 0.294. The van der Waals surface area contributed by atoms with E-state index >= 15 is 0 Å². The molecule has 0 bridgehead atoms. The molecule has 2 heterocycles. The molecule has 0 aliphatic carbocycles. The molecule has 0 amide bonds. The van der Waals surface area contributed by atoms with Gasteiger partial charge in [0.25, 0.3) is 5.56 Å². The first kappa shape index (κ1) is 9.08. The molecular weight excluding hydrogens is 209 g/mol. The third kappa shape index (κ3) is 1.08. The highest BCUT2D eigenvalue weighted by Crippen LogP contribution is 2.25. The van der Waals surface area contributed by atoms with Gasteiger partial charge in [0.15, 0.2) is 0 Å². The quantitative estimate of drug-likeness (QED) is 0.603. The van der Waals surface area contributed by atoms with E-state index in [-0.39, 0.29) is 11.4 Å². The zero-order chi connectivity index (χ0) is 11.3. The first-order valence-electron chi connectivity index (χ1n) is 4.83. The van der Waals surface area contributed by atoms with Gasteiger partial charge in [0, 0.05) is 16.3 Å². The zero-order valence-electron chi connectivity index (χ0n) is 8.47. The van der Waals surface area contributed by atoms with Crippen molar-refractivity contribution < 1.29 is 4.39 Å². The summed E-state index contributed by atoms with van der Waals surface area (Å²) >= 11 is 0. The summed E-state index contributed by atoms with van der Waals surface area (Å²) < 4.78 is 13.2. The molecule has 1 aromatic carbocycles. The van der Waals surface area contributed by atoms with Crippen molar-refractivity contribution in [1.82, 2.24) is 15.2 Å². The summed E-state index contributed by atoms with van der Waals surface area (Å²) in [6.45, 7) is 1.77. The molecule has 0 atom stereocenters. The largest absolute Gasteiger partial charge is 0.350 e. The Hall–Kier alpha value is -2.17. The second-order valence-electron chi connectivity index (χ2n) is 3.70. The lowest BCUT2D eigenvalue weighted by Crippen LogP contribution is -2.09. The SMILES string of the molecule is Cc1n[nH]c(=O)c2[nH]c3ccc(F)cc3c12. The first-order valence-corrected chi connectivity index (χ1v) is 4.83. The topological polar surface area (TPSA) is 61.5 Å². The minimum atomic E-state index is -0.326. The van der Waals surface area contributed by atoms with Crippen molar-refractivity contribution in [3.05, 3.63) is 40.1 Å². The summed E-state index contributed by atoms with van der Waals surface area (Å²) in [7, 11) is 0. The van der Waals surface area contributed by atoms with E-state index in [0.29, 0.717) is 22.0 Å². The third-order valence-electron chi connectivity index (χ3n) is 2.67. The summed E-state index contributed by atoms with van der Waals surface area (Å²) in [5, 5.41) is 7.63. The Kier molecular flexibility index (Phi) is 1.65. The van der Waals surface area contributed by atoms with Gasteiger partial charge in [0.1, 0.15) is 11.3 Å². The van der Waals surface area contributed by atoms with Gasteiger partial charge in [-0.2, -0.15) is 5.10 Å². The molecular formula is C11H8FN3O. The van der Waals surface area contributed by atoms with E-state index in [1.165, 1.54) is 12.1 Å². The third-order valence-corrected chi connectivity index (χ3v) is 2.67. The Morgan fingerprint density at radius 1 is 1.38 bits per heavy atom. The predicted molar refractivity (Wildman–Crippen MR) is 58.9 cm³/mol. The second-order valence-corrected chi connectivity index (χ2v) is 3.70. The van der Waals surface area contributed by atoms with Crippen LogP contribution in [0.5, 0.6) is 0 Å². The molecule has 0 saturated carbocycles. The number of halogens is 1. The van der Waals surface area contributed by atoms with E-state index in [9.17, 15) is 9.18 Å².